The summed E-state index contributed by atoms with van der Waals surface area (Å²) < 4.78 is 19.1. The van der Waals surface area contributed by atoms with Crippen molar-refractivity contribution < 1.29 is 24.1 Å². The van der Waals surface area contributed by atoms with Crippen molar-refractivity contribution in [2.45, 2.75) is 12.3 Å². The number of hydrogen-bond donors (Lipinski definition) is 5. The highest BCUT2D eigenvalue weighted by Gasteiger charge is 2.30. The van der Waals surface area contributed by atoms with Crippen LogP contribution in [0.3, 0.4) is 0 Å². The number of rotatable bonds is 4. The number of aromatic nitrogens is 2. The number of benzene rings is 3. The molecule has 166 valence electrons. The van der Waals surface area contributed by atoms with E-state index in [2.05, 4.69) is 9.97 Å². The van der Waals surface area contributed by atoms with Gasteiger partial charge in [-0.3, -0.25) is 10.2 Å². The van der Waals surface area contributed by atoms with Crippen molar-refractivity contribution in [3.63, 3.8) is 0 Å². The van der Waals surface area contributed by atoms with E-state index >= 15 is 0 Å². The van der Waals surface area contributed by atoms with Crippen LogP contribution in [0.25, 0.3) is 33.5 Å². The quantitative estimate of drug-likeness (QED) is 0.183. The molecule has 2 heterocycles. The molecule has 0 saturated carbocycles. The second kappa shape index (κ2) is 7.63. The third kappa shape index (κ3) is 3.53. The number of ether oxygens (including phenoxy) is 1. The molecule has 1 unspecified atom stereocenters. The van der Waals surface area contributed by atoms with Crippen LogP contribution in [0, 0.1) is 11.2 Å². The molecule has 0 spiro atoms. The van der Waals surface area contributed by atoms with Gasteiger partial charge in [-0.05, 0) is 60.5 Å². The third-order valence-electron chi connectivity index (χ3n) is 5.77. The highest BCUT2D eigenvalue weighted by atomic mass is 19.1. The fourth-order valence-electron chi connectivity index (χ4n) is 4.07. The molecule has 8 nitrogen and oxygen atoms in total. The first-order valence-corrected chi connectivity index (χ1v) is 10.2. The van der Waals surface area contributed by atoms with Gasteiger partial charge in [0.1, 0.15) is 29.0 Å². The number of amidine groups is 1. The van der Waals surface area contributed by atoms with Crippen molar-refractivity contribution in [2.75, 3.05) is 6.61 Å². The Morgan fingerprint density at radius 1 is 1.12 bits per heavy atom. The van der Waals surface area contributed by atoms with Crippen molar-refractivity contribution in [1.82, 2.24) is 9.97 Å². The van der Waals surface area contributed by atoms with E-state index in [4.69, 9.17) is 15.9 Å². The number of aromatic hydroxyl groups is 2. The number of esters is 1. The van der Waals surface area contributed by atoms with Crippen LogP contribution >= 0.6 is 0 Å². The summed E-state index contributed by atoms with van der Waals surface area (Å²) in [7, 11) is 0. The Morgan fingerprint density at radius 2 is 1.91 bits per heavy atom. The van der Waals surface area contributed by atoms with Crippen LogP contribution in [0.4, 0.5) is 4.39 Å². The molecule has 0 aliphatic carbocycles. The Morgan fingerprint density at radius 3 is 2.64 bits per heavy atom. The normalized spacial score (nSPS) is 15.7. The molecule has 1 fully saturated rings. The van der Waals surface area contributed by atoms with Crippen LogP contribution in [-0.4, -0.2) is 38.6 Å². The molecule has 1 aromatic heterocycles. The van der Waals surface area contributed by atoms with E-state index in [1.165, 1.54) is 6.07 Å². The Bertz CT molecular complexity index is 1450. The zero-order valence-corrected chi connectivity index (χ0v) is 17.2. The van der Waals surface area contributed by atoms with E-state index in [0.29, 0.717) is 34.4 Å². The smallest absolute Gasteiger partial charge is 0.313 e. The molecule has 1 aliphatic rings. The number of carbonyl (C=O) groups excluding carboxylic acids is 1. The summed E-state index contributed by atoms with van der Waals surface area (Å²) in [6.45, 7) is 0.277. The van der Waals surface area contributed by atoms with E-state index in [-0.39, 0.29) is 40.6 Å². The predicted octanol–water partition coefficient (Wildman–Crippen LogP) is 3.76. The zero-order chi connectivity index (χ0) is 23.3. The molecule has 1 aliphatic heterocycles. The van der Waals surface area contributed by atoms with Gasteiger partial charge in [-0.25, -0.2) is 9.37 Å². The van der Waals surface area contributed by atoms with E-state index in [1.807, 2.05) is 0 Å². The number of halogens is 1. The summed E-state index contributed by atoms with van der Waals surface area (Å²) in [5, 5.41) is 29.1. The SMILES string of the molecule is N=C(N)c1ccc2[nH]c(-c3cc(C4CCOC4=O)cc(-c4cc(F)ccc4O)c3O)nc2c1. The minimum absolute atomic E-state index is 0.0805. The zero-order valence-electron chi connectivity index (χ0n) is 17.2. The second-order valence-electron chi connectivity index (χ2n) is 7.87. The molecule has 0 radical (unpaired) electrons. The van der Waals surface area contributed by atoms with Crippen molar-refractivity contribution in [1.29, 1.82) is 5.41 Å². The number of nitrogen functional groups attached to an aromatic ring is 1. The molecule has 1 atom stereocenters. The summed E-state index contributed by atoms with van der Waals surface area (Å²) in [5.41, 5.74) is 8.30. The molecular formula is C24H19FN4O4. The number of nitrogens with two attached hydrogens (primary N) is 1. The number of phenolic OH excluding ortho intramolecular Hbond substituents is 2. The number of aromatic amines is 1. The summed E-state index contributed by atoms with van der Waals surface area (Å²) in [6, 6.07) is 11.7. The van der Waals surface area contributed by atoms with Gasteiger partial charge in [-0.1, -0.05) is 0 Å². The molecule has 0 amide bonds. The van der Waals surface area contributed by atoms with Crippen LogP contribution in [0.5, 0.6) is 11.5 Å². The molecular weight excluding hydrogens is 427 g/mol. The largest absolute Gasteiger partial charge is 0.507 e. The first-order chi connectivity index (χ1) is 15.8. The number of hydrogen-bond acceptors (Lipinski definition) is 6. The van der Waals surface area contributed by atoms with Gasteiger partial charge in [0.2, 0.25) is 0 Å². The standard InChI is InChI=1S/C24H19FN4O4/c25-13-2-4-20(30)15(10-13)16-7-12(14-5-6-33-24(14)32)8-17(21(16)31)23-28-18-3-1-11(22(26)27)9-19(18)29-23/h1-4,7-10,14,30-31H,5-6H2,(H3,26,27)(H,28,29). The minimum Gasteiger partial charge on any atom is -0.507 e. The fraction of sp³-hybridized carbons (Fsp3) is 0.125. The van der Waals surface area contributed by atoms with Crippen LogP contribution in [0.15, 0.2) is 48.5 Å². The van der Waals surface area contributed by atoms with Crippen molar-refractivity contribution in [2.24, 2.45) is 5.73 Å². The molecule has 33 heavy (non-hydrogen) atoms. The lowest BCUT2D eigenvalue weighted by atomic mass is 9.90. The van der Waals surface area contributed by atoms with E-state index in [9.17, 15) is 19.4 Å². The number of carbonyl (C=O) groups is 1. The average molecular weight is 446 g/mol. The van der Waals surface area contributed by atoms with E-state index in [0.717, 1.165) is 12.1 Å². The highest BCUT2D eigenvalue weighted by Crippen LogP contribution is 2.44. The lowest BCUT2D eigenvalue weighted by molar-refractivity contribution is -0.139. The highest BCUT2D eigenvalue weighted by molar-refractivity contribution is 5.98. The molecule has 1 saturated heterocycles. The molecule has 5 rings (SSSR count). The summed E-state index contributed by atoms with van der Waals surface area (Å²) in [5.74, 6) is -1.81. The molecule has 0 bridgehead atoms. The van der Waals surface area contributed by atoms with Gasteiger partial charge in [-0.15, -0.1) is 0 Å². The molecule has 9 heteroatoms. The number of nitrogens with zero attached hydrogens (tertiary/aromatic N) is 1. The molecule has 4 aromatic rings. The minimum atomic E-state index is -0.588. The van der Waals surface area contributed by atoms with Crippen LogP contribution in [-0.2, 0) is 9.53 Å². The number of H-pyrrole nitrogens is 1. The van der Waals surface area contributed by atoms with E-state index < -0.39 is 17.7 Å². The van der Waals surface area contributed by atoms with Crippen molar-refractivity contribution in [3.8, 4) is 34.0 Å². The number of cyclic esters (lactones) is 1. The number of nitrogens with one attached hydrogen (secondary N) is 2. The van der Waals surface area contributed by atoms with Crippen molar-refractivity contribution >= 4 is 22.8 Å². The average Bonchev–Trinajstić information content (AvgIpc) is 3.41. The van der Waals surface area contributed by atoms with Crippen LogP contribution in [0.1, 0.15) is 23.5 Å². The maximum absolute atomic E-state index is 14.0. The third-order valence-corrected chi connectivity index (χ3v) is 5.77. The van der Waals surface area contributed by atoms with Gasteiger partial charge >= 0.3 is 5.97 Å². The summed E-state index contributed by atoms with van der Waals surface area (Å²) in [4.78, 5) is 19.9. The number of fused-ring (bicyclic) bond motifs is 1. The van der Waals surface area contributed by atoms with Gasteiger partial charge in [0.25, 0.3) is 0 Å². The van der Waals surface area contributed by atoms with Crippen molar-refractivity contribution in [3.05, 3.63) is 65.5 Å². The predicted molar refractivity (Wildman–Crippen MR) is 120 cm³/mol. The fourth-order valence-corrected chi connectivity index (χ4v) is 4.07. The summed E-state index contributed by atoms with van der Waals surface area (Å²) in [6.07, 6.45) is 0.458. The maximum atomic E-state index is 14.0. The van der Waals surface area contributed by atoms with Crippen LogP contribution < -0.4 is 5.73 Å². The Hall–Kier alpha value is -4.40. The lowest BCUT2D eigenvalue weighted by Gasteiger charge is -2.15. The maximum Gasteiger partial charge on any atom is 0.313 e. The van der Waals surface area contributed by atoms with Gasteiger partial charge in [-0.2, -0.15) is 0 Å². The van der Waals surface area contributed by atoms with Gasteiger partial charge in [0.15, 0.2) is 0 Å². The second-order valence-corrected chi connectivity index (χ2v) is 7.87. The number of phenols is 2. The van der Waals surface area contributed by atoms with Gasteiger partial charge in [0, 0.05) is 16.7 Å². The lowest BCUT2D eigenvalue weighted by Crippen LogP contribution is -2.10. The molecule has 6 N–H and O–H groups in total. The Kier molecular flexibility index (Phi) is 4.74. The Labute approximate surface area is 187 Å². The van der Waals surface area contributed by atoms with Gasteiger partial charge < -0.3 is 25.7 Å². The monoisotopic (exact) mass is 446 g/mol. The van der Waals surface area contributed by atoms with Crippen LogP contribution in [0.2, 0.25) is 0 Å². The first-order valence-electron chi connectivity index (χ1n) is 10.2. The first kappa shape index (κ1) is 20.5. The molecule has 3 aromatic carbocycles. The van der Waals surface area contributed by atoms with E-state index in [1.54, 1.807) is 30.3 Å². The van der Waals surface area contributed by atoms with Gasteiger partial charge in [0.05, 0.1) is 29.1 Å². The topological polar surface area (TPSA) is 145 Å². The number of imidazole rings is 1. The summed E-state index contributed by atoms with van der Waals surface area (Å²) >= 11 is 0. The Balaban J connectivity index is 1.74.